The first-order valence-corrected chi connectivity index (χ1v) is 7.28. The quantitative estimate of drug-likeness (QED) is 0.752. The normalized spacial score (nSPS) is 30.0. The highest BCUT2D eigenvalue weighted by molar-refractivity contribution is 6.18. The van der Waals surface area contributed by atoms with Crippen molar-refractivity contribution in [2.24, 2.45) is 0 Å². The van der Waals surface area contributed by atoms with E-state index >= 15 is 0 Å². The fourth-order valence-electron chi connectivity index (χ4n) is 3.03. The first-order chi connectivity index (χ1) is 7.78. The summed E-state index contributed by atoms with van der Waals surface area (Å²) in [6.07, 6.45) is 9.32. The molecule has 0 amide bonds. The molecule has 0 radical (unpaired) electrons. The zero-order valence-electron chi connectivity index (χ0n) is 10.3. The van der Waals surface area contributed by atoms with Gasteiger partial charge in [-0.3, -0.25) is 0 Å². The SMILES string of the molecule is CCC(CCl)NCC1CCC2(CCCC2)O1. The highest BCUT2D eigenvalue weighted by Gasteiger charge is 2.41. The van der Waals surface area contributed by atoms with Crippen LogP contribution in [0.1, 0.15) is 51.9 Å². The summed E-state index contributed by atoms with van der Waals surface area (Å²) < 4.78 is 6.24. The smallest absolute Gasteiger partial charge is 0.0708 e. The third-order valence-corrected chi connectivity index (χ3v) is 4.54. The van der Waals surface area contributed by atoms with Crippen LogP contribution in [0.4, 0.5) is 0 Å². The molecule has 0 aromatic heterocycles. The van der Waals surface area contributed by atoms with Gasteiger partial charge in [0.25, 0.3) is 0 Å². The lowest BCUT2D eigenvalue weighted by Gasteiger charge is -2.24. The molecule has 1 aliphatic carbocycles. The minimum Gasteiger partial charge on any atom is -0.370 e. The lowest BCUT2D eigenvalue weighted by Crippen LogP contribution is -2.37. The van der Waals surface area contributed by atoms with Gasteiger partial charge in [0.15, 0.2) is 0 Å². The van der Waals surface area contributed by atoms with Crippen LogP contribution in [0.2, 0.25) is 0 Å². The van der Waals surface area contributed by atoms with Gasteiger partial charge in [-0.1, -0.05) is 19.8 Å². The van der Waals surface area contributed by atoms with Crippen molar-refractivity contribution in [1.82, 2.24) is 5.32 Å². The van der Waals surface area contributed by atoms with Gasteiger partial charge in [0.2, 0.25) is 0 Å². The zero-order valence-corrected chi connectivity index (χ0v) is 11.1. The number of halogens is 1. The van der Waals surface area contributed by atoms with Gasteiger partial charge in [0.1, 0.15) is 0 Å². The summed E-state index contributed by atoms with van der Waals surface area (Å²) in [4.78, 5) is 0. The molecule has 16 heavy (non-hydrogen) atoms. The van der Waals surface area contributed by atoms with Crippen molar-refractivity contribution >= 4 is 11.6 Å². The molecule has 1 heterocycles. The van der Waals surface area contributed by atoms with Crippen molar-refractivity contribution in [1.29, 1.82) is 0 Å². The summed E-state index contributed by atoms with van der Waals surface area (Å²) in [5, 5.41) is 3.51. The minimum absolute atomic E-state index is 0.273. The number of ether oxygens (including phenoxy) is 1. The summed E-state index contributed by atoms with van der Waals surface area (Å²) in [6, 6.07) is 0.449. The van der Waals surface area contributed by atoms with Gasteiger partial charge >= 0.3 is 0 Å². The van der Waals surface area contributed by atoms with Crippen molar-refractivity contribution in [2.75, 3.05) is 12.4 Å². The summed E-state index contributed by atoms with van der Waals surface area (Å²) >= 11 is 5.87. The number of rotatable bonds is 5. The molecule has 1 saturated carbocycles. The predicted octanol–water partition coefficient (Wildman–Crippen LogP) is 3.09. The summed E-state index contributed by atoms with van der Waals surface area (Å²) in [7, 11) is 0. The van der Waals surface area contributed by atoms with E-state index in [2.05, 4.69) is 12.2 Å². The van der Waals surface area contributed by atoms with E-state index in [0.717, 1.165) is 13.0 Å². The standard InChI is InChI=1S/C13H24ClNO/c1-2-11(9-14)15-10-12-5-8-13(16-12)6-3-4-7-13/h11-12,15H,2-10H2,1H3. The Balaban J connectivity index is 1.72. The van der Waals surface area contributed by atoms with E-state index in [1.54, 1.807) is 0 Å². The Morgan fingerprint density at radius 2 is 2.12 bits per heavy atom. The summed E-state index contributed by atoms with van der Waals surface area (Å²) in [6.45, 7) is 3.15. The third-order valence-electron chi connectivity index (χ3n) is 4.17. The predicted molar refractivity (Wildman–Crippen MR) is 68.1 cm³/mol. The van der Waals surface area contributed by atoms with Crippen molar-refractivity contribution in [2.45, 2.75) is 69.6 Å². The molecule has 0 aromatic rings. The molecule has 94 valence electrons. The molecule has 2 fully saturated rings. The van der Waals surface area contributed by atoms with Gasteiger partial charge in [0.05, 0.1) is 11.7 Å². The Kier molecular flexibility index (Phi) is 4.51. The van der Waals surface area contributed by atoms with Crippen LogP contribution in [-0.2, 0) is 4.74 Å². The topological polar surface area (TPSA) is 21.3 Å². The molecule has 2 unspecified atom stereocenters. The van der Waals surface area contributed by atoms with E-state index in [1.807, 2.05) is 0 Å². The van der Waals surface area contributed by atoms with Crippen molar-refractivity contribution in [3.8, 4) is 0 Å². The third kappa shape index (κ3) is 2.91. The first-order valence-electron chi connectivity index (χ1n) is 6.75. The maximum Gasteiger partial charge on any atom is 0.0708 e. The summed E-state index contributed by atoms with van der Waals surface area (Å²) in [5.74, 6) is 0.703. The van der Waals surface area contributed by atoms with Crippen LogP contribution in [0.15, 0.2) is 0 Å². The monoisotopic (exact) mass is 245 g/mol. The molecular formula is C13H24ClNO. The molecule has 2 atom stereocenters. The van der Waals surface area contributed by atoms with E-state index in [0.29, 0.717) is 18.0 Å². The van der Waals surface area contributed by atoms with Gasteiger partial charge in [0, 0.05) is 18.5 Å². The van der Waals surface area contributed by atoms with Crippen LogP contribution in [-0.4, -0.2) is 30.2 Å². The lowest BCUT2D eigenvalue weighted by atomic mass is 9.98. The van der Waals surface area contributed by atoms with Crippen LogP contribution in [0.25, 0.3) is 0 Å². The fraction of sp³-hybridized carbons (Fsp3) is 1.00. The Morgan fingerprint density at radius 1 is 1.38 bits per heavy atom. The number of alkyl halides is 1. The molecule has 2 rings (SSSR count). The van der Waals surface area contributed by atoms with E-state index in [9.17, 15) is 0 Å². The van der Waals surface area contributed by atoms with Gasteiger partial charge < -0.3 is 10.1 Å². The second kappa shape index (κ2) is 5.70. The first kappa shape index (κ1) is 12.7. The molecule has 1 N–H and O–H groups in total. The Labute approximate surface area is 104 Å². The van der Waals surface area contributed by atoms with E-state index in [4.69, 9.17) is 16.3 Å². The molecule has 0 aromatic carbocycles. The molecule has 1 spiro atoms. The molecular weight excluding hydrogens is 222 g/mol. The van der Waals surface area contributed by atoms with Crippen LogP contribution in [0.3, 0.4) is 0 Å². The number of hydrogen-bond acceptors (Lipinski definition) is 2. The van der Waals surface area contributed by atoms with Crippen LogP contribution in [0.5, 0.6) is 0 Å². The highest BCUT2D eigenvalue weighted by atomic mass is 35.5. The van der Waals surface area contributed by atoms with Gasteiger partial charge in [-0.05, 0) is 32.1 Å². The molecule has 2 nitrogen and oxygen atoms in total. The number of nitrogens with one attached hydrogen (secondary N) is 1. The number of hydrogen-bond donors (Lipinski definition) is 1. The minimum atomic E-state index is 0.273. The average Bonchev–Trinajstić information content (AvgIpc) is 2.92. The van der Waals surface area contributed by atoms with Crippen molar-refractivity contribution in [3.63, 3.8) is 0 Å². The average molecular weight is 246 g/mol. The van der Waals surface area contributed by atoms with Crippen LogP contribution < -0.4 is 5.32 Å². The molecule has 3 heteroatoms. The molecule has 1 aliphatic heterocycles. The second-order valence-corrected chi connectivity index (χ2v) is 5.64. The largest absolute Gasteiger partial charge is 0.370 e. The maximum atomic E-state index is 6.24. The van der Waals surface area contributed by atoms with Gasteiger partial charge in [-0.2, -0.15) is 0 Å². The van der Waals surface area contributed by atoms with E-state index in [-0.39, 0.29) is 5.60 Å². The van der Waals surface area contributed by atoms with Crippen LogP contribution >= 0.6 is 11.6 Å². The fourth-order valence-corrected chi connectivity index (χ4v) is 3.36. The van der Waals surface area contributed by atoms with E-state index < -0.39 is 0 Å². The molecule has 2 aliphatic rings. The van der Waals surface area contributed by atoms with E-state index in [1.165, 1.54) is 38.5 Å². The van der Waals surface area contributed by atoms with Crippen molar-refractivity contribution in [3.05, 3.63) is 0 Å². The second-order valence-electron chi connectivity index (χ2n) is 5.34. The van der Waals surface area contributed by atoms with Crippen molar-refractivity contribution < 1.29 is 4.74 Å². The molecule has 0 bridgehead atoms. The molecule has 1 saturated heterocycles. The Bertz CT molecular complexity index is 212. The Hall–Kier alpha value is 0.210. The zero-order chi connectivity index (χ0) is 11.4. The Morgan fingerprint density at radius 3 is 2.75 bits per heavy atom. The lowest BCUT2D eigenvalue weighted by molar-refractivity contribution is -0.0357. The van der Waals surface area contributed by atoms with Gasteiger partial charge in [-0.15, -0.1) is 11.6 Å². The maximum absolute atomic E-state index is 6.24. The van der Waals surface area contributed by atoms with Crippen LogP contribution in [0, 0.1) is 0 Å². The highest BCUT2D eigenvalue weighted by Crippen LogP contribution is 2.43. The summed E-state index contributed by atoms with van der Waals surface area (Å²) in [5.41, 5.74) is 0.273. The van der Waals surface area contributed by atoms with Gasteiger partial charge in [-0.25, -0.2) is 0 Å².